The van der Waals surface area contributed by atoms with Gasteiger partial charge >= 0.3 is 0 Å². The predicted octanol–water partition coefficient (Wildman–Crippen LogP) is 3.35. The lowest BCUT2D eigenvalue weighted by atomic mass is 9.98. The summed E-state index contributed by atoms with van der Waals surface area (Å²) in [4.78, 5) is 47.7. The van der Waals surface area contributed by atoms with Crippen LogP contribution < -0.4 is 10.9 Å². The van der Waals surface area contributed by atoms with E-state index < -0.39 is 0 Å². The number of amides is 2. The number of aromatic nitrogens is 2. The number of rotatable bonds is 8. The van der Waals surface area contributed by atoms with E-state index in [9.17, 15) is 14.4 Å². The molecule has 2 aromatic heterocycles. The molecular weight excluding hydrogens is 420 g/mol. The summed E-state index contributed by atoms with van der Waals surface area (Å²) in [5.74, 6) is 0.182. The molecule has 30 heavy (non-hydrogen) atoms. The highest BCUT2D eigenvalue weighted by Gasteiger charge is 2.20. The Morgan fingerprint density at radius 1 is 1.33 bits per heavy atom. The summed E-state index contributed by atoms with van der Waals surface area (Å²) in [6.45, 7) is 12.0. The van der Waals surface area contributed by atoms with Crippen LogP contribution in [0.4, 0.5) is 0 Å². The van der Waals surface area contributed by atoms with Crippen molar-refractivity contribution < 1.29 is 9.59 Å². The summed E-state index contributed by atoms with van der Waals surface area (Å²) < 4.78 is 0. The zero-order valence-electron chi connectivity index (χ0n) is 18.8. The summed E-state index contributed by atoms with van der Waals surface area (Å²) in [6, 6.07) is 0. The van der Waals surface area contributed by atoms with E-state index in [4.69, 9.17) is 0 Å². The fraction of sp³-hybridized carbons (Fsp3) is 0.619. The predicted molar refractivity (Wildman–Crippen MR) is 124 cm³/mol. The summed E-state index contributed by atoms with van der Waals surface area (Å²) in [5, 5.41) is 3.93. The van der Waals surface area contributed by atoms with Crippen molar-refractivity contribution in [3.05, 3.63) is 20.8 Å². The Balaban J connectivity index is 2.07. The average Bonchev–Trinajstić information content (AvgIpc) is 2.93. The lowest BCUT2D eigenvalue weighted by Crippen LogP contribution is -2.46. The molecule has 2 aromatic rings. The summed E-state index contributed by atoms with van der Waals surface area (Å²) >= 11 is 2.70. The van der Waals surface area contributed by atoms with Crippen molar-refractivity contribution in [2.45, 2.75) is 65.1 Å². The third-order valence-corrected chi connectivity index (χ3v) is 6.64. The quantitative estimate of drug-likeness (QED) is 0.473. The molecule has 7 nitrogen and oxygen atoms in total. The Bertz CT molecular complexity index is 975. The highest BCUT2D eigenvalue weighted by Crippen LogP contribution is 2.30. The van der Waals surface area contributed by atoms with Crippen LogP contribution >= 0.6 is 23.1 Å². The largest absolute Gasteiger partial charge is 0.350 e. The summed E-state index contributed by atoms with van der Waals surface area (Å²) in [7, 11) is 1.59. The molecule has 2 rings (SSSR count). The number of likely N-dealkylation sites (N-methyl/N-ethyl adjacent to an activating group) is 1. The second-order valence-electron chi connectivity index (χ2n) is 8.74. The number of fused-ring (bicyclic) bond motifs is 1. The second-order valence-corrected chi connectivity index (χ2v) is 10.9. The lowest BCUT2D eigenvalue weighted by molar-refractivity contribution is -0.133. The van der Waals surface area contributed by atoms with Gasteiger partial charge in [0.25, 0.3) is 5.56 Å². The maximum absolute atomic E-state index is 12.7. The smallest absolute Gasteiger partial charge is 0.260 e. The van der Waals surface area contributed by atoms with Crippen LogP contribution in [0.2, 0.25) is 0 Å². The summed E-state index contributed by atoms with van der Waals surface area (Å²) in [5.41, 5.74) is 0.576. The number of hydrogen-bond acceptors (Lipinski definition) is 6. The normalized spacial score (nSPS) is 12.8. The van der Waals surface area contributed by atoms with Gasteiger partial charge in [-0.15, -0.1) is 11.3 Å². The number of H-pyrrole nitrogens is 1. The first-order valence-corrected chi connectivity index (χ1v) is 11.9. The monoisotopic (exact) mass is 452 g/mol. The minimum absolute atomic E-state index is 0.0112. The van der Waals surface area contributed by atoms with E-state index in [2.05, 4.69) is 29.1 Å². The molecule has 0 fully saturated rings. The fourth-order valence-electron chi connectivity index (χ4n) is 2.96. The van der Waals surface area contributed by atoms with Crippen LogP contribution in [0.3, 0.4) is 0 Å². The van der Waals surface area contributed by atoms with E-state index in [1.807, 2.05) is 27.7 Å². The van der Waals surface area contributed by atoms with E-state index in [1.165, 1.54) is 28.0 Å². The standard InChI is InChI=1S/C21H32N4O3S2/c1-8-12(2)9-14-13(3)30-19-17(14)18(28)22-20(23-19)29-11-16(27)25(7)10-15(26)24-21(4,5)6/h12H,8-11H2,1-7H3,(H,24,26)(H,22,23,28)/t12-/m0/s1. The summed E-state index contributed by atoms with van der Waals surface area (Å²) in [6.07, 6.45) is 1.92. The molecule has 0 saturated carbocycles. The van der Waals surface area contributed by atoms with E-state index in [-0.39, 0.29) is 35.2 Å². The number of aryl methyl sites for hydroxylation is 1. The molecule has 9 heteroatoms. The Morgan fingerprint density at radius 3 is 2.60 bits per heavy atom. The average molecular weight is 453 g/mol. The first-order chi connectivity index (χ1) is 13.9. The van der Waals surface area contributed by atoms with Crippen molar-refractivity contribution in [2.75, 3.05) is 19.3 Å². The first-order valence-electron chi connectivity index (χ1n) is 10.1. The van der Waals surface area contributed by atoms with E-state index in [0.717, 1.165) is 23.3 Å². The molecule has 0 aliphatic rings. The molecule has 2 heterocycles. The van der Waals surface area contributed by atoms with E-state index >= 15 is 0 Å². The number of thiophene rings is 1. The van der Waals surface area contributed by atoms with Crippen LogP contribution in [0.25, 0.3) is 10.2 Å². The van der Waals surface area contributed by atoms with Gasteiger partial charge in [0.1, 0.15) is 4.83 Å². The van der Waals surface area contributed by atoms with Crippen molar-refractivity contribution in [1.29, 1.82) is 0 Å². The van der Waals surface area contributed by atoms with Crippen molar-refractivity contribution in [3.8, 4) is 0 Å². The van der Waals surface area contributed by atoms with Crippen LogP contribution in [0, 0.1) is 12.8 Å². The van der Waals surface area contributed by atoms with Gasteiger partial charge in [0.15, 0.2) is 5.16 Å². The van der Waals surface area contributed by atoms with Gasteiger partial charge in [-0.25, -0.2) is 4.98 Å². The Labute approximate surface area is 186 Å². The number of hydrogen-bond donors (Lipinski definition) is 2. The van der Waals surface area contributed by atoms with Crippen LogP contribution in [-0.2, 0) is 16.0 Å². The van der Waals surface area contributed by atoms with Gasteiger partial charge in [-0.05, 0) is 45.6 Å². The van der Waals surface area contributed by atoms with Gasteiger partial charge in [0.05, 0.1) is 17.7 Å². The van der Waals surface area contributed by atoms with Gasteiger partial charge < -0.3 is 15.2 Å². The number of nitrogens with one attached hydrogen (secondary N) is 2. The molecule has 1 atom stereocenters. The van der Waals surface area contributed by atoms with Gasteiger partial charge in [-0.2, -0.15) is 0 Å². The lowest BCUT2D eigenvalue weighted by Gasteiger charge is -2.23. The number of carbonyl (C=O) groups is 2. The minimum atomic E-state index is -0.346. The van der Waals surface area contributed by atoms with Crippen LogP contribution in [-0.4, -0.2) is 51.6 Å². The third kappa shape index (κ3) is 6.57. The molecule has 0 spiro atoms. The van der Waals surface area contributed by atoms with Crippen LogP contribution in [0.5, 0.6) is 0 Å². The third-order valence-electron chi connectivity index (χ3n) is 4.74. The molecule has 2 N–H and O–H groups in total. The zero-order valence-corrected chi connectivity index (χ0v) is 20.5. The van der Waals surface area contributed by atoms with Gasteiger partial charge in [0, 0.05) is 17.5 Å². The number of nitrogens with zero attached hydrogens (tertiary/aromatic N) is 2. The molecule has 0 saturated heterocycles. The van der Waals surface area contributed by atoms with E-state index in [1.54, 1.807) is 7.05 Å². The van der Waals surface area contributed by atoms with Gasteiger partial charge in [0.2, 0.25) is 11.8 Å². The maximum Gasteiger partial charge on any atom is 0.260 e. The second kappa shape index (κ2) is 9.96. The van der Waals surface area contributed by atoms with Crippen LogP contribution in [0.15, 0.2) is 9.95 Å². The highest BCUT2D eigenvalue weighted by atomic mass is 32.2. The molecule has 0 aliphatic heterocycles. The molecule has 0 aliphatic carbocycles. The van der Waals surface area contributed by atoms with Crippen molar-refractivity contribution in [1.82, 2.24) is 20.2 Å². The Hall–Kier alpha value is -1.87. The van der Waals surface area contributed by atoms with E-state index in [0.29, 0.717) is 21.3 Å². The van der Waals surface area contributed by atoms with Crippen LogP contribution in [0.1, 0.15) is 51.5 Å². The number of carbonyl (C=O) groups excluding carboxylic acids is 2. The topological polar surface area (TPSA) is 95.2 Å². The van der Waals surface area contributed by atoms with Crippen molar-refractivity contribution in [3.63, 3.8) is 0 Å². The van der Waals surface area contributed by atoms with Gasteiger partial charge in [-0.3, -0.25) is 14.4 Å². The SMILES string of the molecule is CC[C@H](C)Cc1c(C)sc2nc(SCC(=O)N(C)CC(=O)NC(C)(C)C)[nH]c(=O)c12. The molecule has 0 aromatic carbocycles. The molecule has 166 valence electrons. The van der Waals surface area contributed by atoms with Crippen molar-refractivity contribution >= 4 is 45.1 Å². The van der Waals surface area contributed by atoms with Gasteiger partial charge in [-0.1, -0.05) is 32.0 Å². The molecule has 0 unspecified atom stereocenters. The minimum Gasteiger partial charge on any atom is -0.350 e. The zero-order chi connectivity index (χ0) is 22.6. The highest BCUT2D eigenvalue weighted by molar-refractivity contribution is 7.99. The van der Waals surface area contributed by atoms with Crippen molar-refractivity contribution in [2.24, 2.45) is 5.92 Å². The molecule has 0 radical (unpaired) electrons. The Morgan fingerprint density at radius 2 is 2.00 bits per heavy atom. The fourth-order valence-corrected chi connectivity index (χ4v) is 4.88. The molecular formula is C21H32N4O3S2. The maximum atomic E-state index is 12.7. The Kier molecular flexibility index (Phi) is 8.10. The molecule has 0 bridgehead atoms. The number of thioether (sulfide) groups is 1. The number of aromatic amines is 1. The first kappa shape index (κ1) is 24.4. The molecule has 2 amide bonds.